The van der Waals surface area contributed by atoms with E-state index in [1.807, 2.05) is 18.2 Å². The SMILES string of the molecule is COc1ccc(Br)c(-c2ocnc2CNCC(C)C)c1. The number of nitrogens with one attached hydrogen (secondary N) is 1. The van der Waals surface area contributed by atoms with Crippen LogP contribution in [0.5, 0.6) is 5.75 Å². The average molecular weight is 339 g/mol. The number of oxazole rings is 1. The lowest BCUT2D eigenvalue weighted by Gasteiger charge is -2.08. The van der Waals surface area contributed by atoms with E-state index in [-0.39, 0.29) is 0 Å². The first-order valence-corrected chi connectivity index (χ1v) is 7.38. The van der Waals surface area contributed by atoms with Gasteiger partial charge in [0, 0.05) is 16.6 Å². The molecule has 0 fully saturated rings. The van der Waals surface area contributed by atoms with Gasteiger partial charge in [0.1, 0.15) is 11.4 Å². The number of ether oxygens (including phenoxy) is 1. The molecular formula is C15H19BrN2O2. The van der Waals surface area contributed by atoms with Gasteiger partial charge in [0.05, 0.1) is 7.11 Å². The van der Waals surface area contributed by atoms with Gasteiger partial charge in [-0.25, -0.2) is 4.98 Å². The summed E-state index contributed by atoms with van der Waals surface area (Å²) < 4.78 is 11.8. The molecule has 20 heavy (non-hydrogen) atoms. The average Bonchev–Trinajstić information content (AvgIpc) is 2.87. The Kier molecular flexibility index (Phi) is 5.20. The van der Waals surface area contributed by atoms with E-state index >= 15 is 0 Å². The van der Waals surface area contributed by atoms with E-state index in [4.69, 9.17) is 9.15 Å². The van der Waals surface area contributed by atoms with Crippen molar-refractivity contribution in [3.05, 3.63) is 34.8 Å². The number of hydrogen-bond acceptors (Lipinski definition) is 4. The van der Waals surface area contributed by atoms with E-state index in [2.05, 4.69) is 40.1 Å². The second kappa shape index (κ2) is 6.90. The Bertz CT molecular complexity index is 567. The van der Waals surface area contributed by atoms with Crippen LogP contribution in [-0.2, 0) is 6.54 Å². The molecule has 4 nitrogen and oxygen atoms in total. The van der Waals surface area contributed by atoms with Gasteiger partial charge in [-0.15, -0.1) is 0 Å². The maximum Gasteiger partial charge on any atom is 0.181 e. The number of nitrogens with zero attached hydrogens (tertiary/aromatic N) is 1. The minimum Gasteiger partial charge on any atom is -0.497 e. The third-order valence-electron chi connectivity index (χ3n) is 2.90. The lowest BCUT2D eigenvalue weighted by atomic mass is 10.1. The minimum atomic E-state index is 0.605. The molecule has 1 aromatic heterocycles. The van der Waals surface area contributed by atoms with Crippen LogP contribution in [0.2, 0.25) is 0 Å². The number of methoxy groups -OCH3 is 1. The Morgan fingerprint density at radius 2 is 2.20 bits per heavy atom. The summed E-state index contributed by atoms with van der Waals surface area (Å²) in [6, 6.07) is 5.79. The zero-order valence-corrected chi connectivity index (χ0v) is 13.5. The predicted octanol–water partition coefficient (Wildman–Crippen LogP) is 3.86. The highest BCUT2D eigenvalue weighted by atomic mass is 79.9. The zero-order valence-electron chi connectivity index (χ0n) is 11.9. The third-order valence-corrected chi connectivity index (χ3v) is 3.60. The molecule has 1 heterocycles. The summed E-state index contributed by atoms with van der Waals surface area (Å²) in [5.41, 5.74) is 1.85. The smallest absolute Gasteiger partial charge is 0.181 e. The molecule has 0 unspecified atom stereocenters. The van der Waals surface area contributed by atoms with Crippen LogP contribution in [-0.4, -0.2) is 18.6 Å². The Balaban J connectivity index is 2.23. The highest BCUT2D eigenvalue weighted by Gasteiger charge is 2.14. The molecule has 108 valence electrons. The summed E-state index contributed by atoms with van der Waals surface area (Å²) in [5, 5.41) is 3.38. The second-order valence-electron chi connectivity index (χ2n) is 5.00. The lowest BCUT2D eigenvalue weighted by molar-refractivity contribution is 0.414. The van der Waals surface area contributed by atoms with Crippen molar-refractivity contribution in [3.63, 3.8) is 0 Å². The number of benzene rings is 1. The zero-order chi connectivity index (χ0) is 14.5. The summed E-state index contributed by atoms with van der Waals surface area (Å²) in [5.74, 6) is 2.17. The van der Waals surface area contributed by atoms with Crippen molar-refractivity contribution >= 4 is 15.9 Å². The van der Waals surface area contributed by atoms with E-state index in [0.717, 1.165) is 33.8 Å². The third kappa shape index (κ3) is 3.61. The van der Waals surface area contributed by atoms with Gasteiger partial charge in [-0.2, -0.15) is 0 Å². The molecule has 5 heteroatoms. The molecule has 2 aromatic rings. The predicted molar refractivity (Wildman–Crippen MR) is 82.7 cm³/mol. The fraction of sp³-hybridized carbons (Fsp3) is 0.400. The van der Waals surface area contributed by atoms with Crippen LogP contribution in [0.3, 0.4) is 0 Å². The maximum absolute atomic E-state index is 5.55. The van der Waals surface area contributed by atoms with Crippen molar-refractivity contribution in [1.29, 1.82) is 0 Å². The standard InChI is InChI=1S/C15H19BrN2O2/c1-10(2)7-17-8-14-15(20-9-18-14)12-6-11(19-3)4-5-13(12)16/h4-6,9-10,17H,7-8H2,1-3H3. The normalized spacial score (nSPS) is 11.1. The van der Waals surface area contributed by atoms with Gasteiger partial charge >= 0.3 is 0 Å². The van der Waals surface area contributed by atoms with Crippen molar-refractivity contribution in [2.45, 2.75) is 20.4 Å². The lowest BCUT2D eigenvalue weighted by Crippen LogP contribution is -2.19. The molecule has 0 aliphatic carbocycles. The van der Waals surface area contributed by atoms with E-state index in [1.165, 1.54) is 6.39 Å². The van der Waals surface area contributed by atoms with Crippen LogP contribution >= 0.6 is 15.9 Å². The van der Waals surface area contributed by atoms with Crippen LogP contribution in [0.4, 0.5) is 0 Å². The van der Waals surface area contributed by atoms with Crippen LogP contribution in [0.1, 0.15) is 19.5 Å². The van der Waals surface area contributed by atoms with Gasteiger partial charge in [-0.1, -0.05) is 29.8 Å². The van der Waals surface area contributed by atoms with E-state index in [9.17, 15) is 0 Å². The number of hydrogen-bond donors (Lipinski definition) is 1. The monoisotopic (exact) mass is 338 g/mol. The van der Waals surface area contributed by atoms with Crippen molar-refractivity contribution in [3.8, 4) is 17.1 Å². The quantitative estimate of drug-likeness (QED) is 0.868. The van der Waals surface area contributed by atoms with E-state index in [1.54, 1.807) is 7.11 Å². The Morgan fingerprint density at radius 3 is 2.90 bits per heavy atom. The maximum atomic E-state index is 5.55. The molecule has 2 rings (SSSR count). The summed E-state index contributed by atoms with van der Waals surface area (Å²) in [7, 11) is 1.65. The van der Waals surface area contributed by atoms with Gasteiger partial charge in [0.2, 0.25) is 0 Å². The molecule has 0 radical (unpaired) electrons. The summed E-state index contributed by atoms with van der Waals surface area (Å²) in [6.07, 6.45) is 1.48. The van der Waals surface area contributed by atoms with Crippen LogP contribution in [0, 0.1) is 5.92 Å². The highest BCUT2D eigenvalue weighted by Crippen LogP contribution is 2.33. The van der Waals surface area contributed by atoms with Crippen molar-refractivity contribution in [1.82, 2.24) is 10.3 Å². The van der Waals surface area contributed by atoms with Gasteiger partial charge in [0.15, 0.2) is 12.2 Å². The summed E-state index contributed by atoms with van der Waals surface area (Å²) in [4.78, 5) is 4.30. The molecule has 1 aromatic carbocycles. The van der Waals surface area contributed by atoms with Crippen molar-refractivity contribution in [2.75, 3.05) is 13.7 Å². The minimum absolute atomic E-state index is 0.605. The molecule has 0 saturated heterocycles. The largest absolute Gasteiger partial charge is 0.497 e. The van der Waals surface area contributed by atoms with Gasteiger partial charge in [-0.3, -0.25) is 0 Å². The Morgan fingerprint density at radius 1 is 1.40 bits per heavy atom. The van der Waals surface area contributed by atoms with Crippen LogP contribution < -0.4 is 10.1 Å². The molecule has 0 atom stereocenters. The van der Waals surface area contributed by atoms with E-state index < -0.39 is 0 Å². The van der Waals surface area contributed by atoms with Gasteiger partial charge < -0.3 is 14.5 Å². The first-order chi connectivity index (χ1) is 9.61. The first kappa shape index (κ1) is 15.1. The van der Waals surface area contributed by atoms with Gasteiger partial charge in [-0.05, 0) is 30.7 Å². The fourth-order valence-electron chi connectivity index (χ4n) is 1.90. The molecule has 1 N–H and O–H groups in total. The molecular weight excluding hydrogens is 320 g/mol. The molecule has 0 aliphatic rings. The number of aromatic nitrogens is 1. The topological polar surface area (TPSA) is 47.3 Å². The molecule has 0 aliphatic heterocycles. The highest BCUT2D eigenvalue weighted by molar-refractivity contribution is 9.10. The van der Waals surface area contributed by atoms with Crippen LogP contribution in [0.25, 0.3) is 11.3 Å². The molecule has 0 amide bonds. The Hall–Kier alpha value is -1.33. The van der Waals surface area contributed by atoms with Crippen molar-refractivity contribution < 1.29 is 9.15 Å². The molecule has 0 bridgehead atoms. The van der Waals surface area contributed by atoms with Crippen molar-refractivity contribution in [2.24, 2.45) is 5.92 Å². The second-order valence-corrected chi connectivity index (χ2v) is 5.85. The molecule has 0 spiro atoms. The van der Waals surface area contributed by atoms with E-state index in [0.29, 0.717) is 12.5 Å². The summed E-state index contributed by atoms with van der Waals surface area (Å²) in [6.45, 7) is 5.99. The first-order valence-electron chi connectivity index (χ1n) is 6.58. The number of rotatable bonds is 6. The van der Waals surface area contributed by atoms with Gasteiger partial charge in [0.25, 0.3) is 0 Å². The summed E-state index contributed by atoms with van der Waals surface area (Å²) >= 11 is 3.54. The van der Waals surface area contributed by atoms with Crippen LogP contribution in [0.15, 0.2) is 33.5 Å². The fourth-order valence-corrected chi connectivity index (χ4v) is 2.33. The Labute approximate surface area is 127 Å². The molecule has 0 saturated carbocycles. The number of halogens is 1.